The Morgan fingerprint density at radius 3 is 2.79 bits per heavy atom. The molecule has 1 aliphatic rings. The molecule has 5 nitrogen and oxygen atoms in total. The minimum atomic E-state index is -1.20. The van der Waals surface area contributed by atoms with Crippen molar-refractivity contribution in [3.63, 3.8) is 0 Å². The van der Waals surface area contributed by atoms with Crippen LogP contribution < -0.4 is 4.90 Å². The zero-order valence-electron chi connectivity index (χ0n) is 10.0. The molecule has 0 bridgehead atoms. The molecule has 0 spiro atoms. The van der Waals surface area contributed by atoms with E-state index in [2.05, 4.69) is 0 Å². The summed E-state index contributed by atoms with van der Waals surface area (Å²) in [4.78, 5) is 22.3. The second-order valence-electron chi connectivity index (χ2n) is 4.50. The second-order valence-corrected chi connectivity index (χ2v) is 4.50. The van der Waals surface area contributed by atoms with Crippen molar-refractivity contribution >= 4 is 17.7 Å². The maximum Gasteiger partial charge on any atom is 0.328 e. The molecule has 1 unspecified atom stereocenters. The van der Waals surface area contributed by atoms with E-state index in [0.29, 0.717) is 25.5 Å². The zero-order valence-corrected chi connectivity index (χ0v) is 10.0. The average molecular weight is 270 g/mol. The molecule has 102 valence electrons. The molecule has 0 amide bonds. The van der Waals surface area contributed by atoms with Crippen molar-refractivity contribution in [2.75, 3.05) is 18.0 Å². The normalized spacial score (nSPS) is 19.3. The van der Waals surface area contributed by atoms with Gasteiger partial charge in [-0.3, -0.25) is 10.1 Å². The van der Waals surface area contributed by atoms with Gasteiger partial charge in [0.15, 0.2) is 0 Å². The predicted octanol–water partition coefficient (Wildman–Crippen LogP) is 2.29. The number of hydrogen-bond acceptors (Lipinski definition) is 4. The number of carbonyl (C=O) groups is 1. The van der Waals surface area contributed by atoms with Crippen LogP contribution in [-0.4, -0.2) is 24.3 Å². The van der Waals surface area contributed by atoms with Crippen LogP contribution in [0.2, 0.25) is 0 Å². The monoisotopic (exact) mass is 270 g/mol. The van der Waals surface area contributed by atoms with E-state index >= 15 is 0 Å². The number of anilines is 1. The predicted molar refractivity (Wildman–Crippen MR) is 64.0 cm³/mol. The van der Waals surface area contributed by atoms with E-state index in [9.17, 15) is 23.7 Å². The van der Waals surface area contributed by atoms with Crippen LogP contribution in [0.3, 0.4) is 0 Å². The fourth-order valence-corrected chi connectivity index (χ4v) is 2.31. The number of hydrogen-bond donors (Lipinski definition) is 0. The SMILES string of the molecule is O=CC1CCCN(c2cc(F)cc(F)c2[N+](=O)[O-])C1. The van der Waals surface area contributed by atoms with Crippen LogP contribution in [0.1, 0.15) is 12.8 Å². The molecule has 1 atom stereocenters. The summed E-state index contributed by atoms with van der Waals surface area (Å²) in [6.07, 6.45) is 2.11. The van der Waals surface area contributed by atoms with Crippen LogP contribution in [0.25, 0.3) is 0 Å². The highest BCUT2D eigenvalue weighted by Crippen LogP contribution is 2.34. The fraction of sp³-hybridized carbons (Fsp3) is 0.417. The lowest BCUT2D eigenvalue weighted by molar-refractivity contribution is -0.386. The molecule has 0 aliphatic carbocycles. The van der Waals surface area contributed by atoms with E-state index in [-0.39, 0.29) is 18.2 Å². The number of nitrogens with zero attached hydrogens (tertiary/aromatic N) is 2. The third-order valence-corrected chi connectivity index (χ3v) is 3.18. The molecule has 0 N–H and O–H groups in total. The number of rotatable bonds is 3. The standard InChI is InChI=1S/C12H12F2N2O3/c13-9-4-10(14)12(16(18)19)11(5-9)15-3-1-2-8(6-15)7-17/h4-5,7-8H,1-3,6H2. The maximum atomic E-state index is 13.5. The molecule has 19 heavy (non-hydrogen) atoms. The molecule has 1 saturated heterocycles. The van der Waals surface area contributed by atoms with E-state index in [1.165, 1.54) is 4.90 Å². The maximum absolute atomic E-state index is 13.5. The first kappa shape index (κ1) is 13.4. The summed E-state index contributed by atoms with van der Waals surface area (Å²) in [5.74, 6) is -2.33. The van der Waals surface area contributed by atoms with Gasteiger partial charge in [0.25, 0.3) is 0 Å². The van der Waals surface area contributed by atoms with Gasteiger partial charge in [-0.1, -0.05) is 0 Å². The number of piperidine rings is 1. The topological polar surface area (TPSA) is 63.5 Å². The lowest BCUT2D eigenvalue weighted by Crippen LogP contribution is -2.36. The Bertz CT molecular complexity index is 522. The Morgan fingerprint density at radius 1 is 1.42 bits per heavy atom. The van der Waals surface area contributed by atoms with Gasteiger partial charge in [-0.2, -0.15) is 4.39 Å². The minimum Gasteiger partial charge on any atom is -0.365 e. The van der Waals surface area contributed by atoms with Crippen molar-refractivity contribution in [1.29, 1.82) is 0 Å². The molecule has 2 rings (SSSR count). The summed E-state index contributed by atoms with van der Waals surface area (Å²) in [6.45, 7) is 0.682. The third-order valence-electron chi connectivity index (χ3n) is 3.18. The van der Waals surface area contributed by atoms with E-state index < -0.39 is 22.2 Å². The highest BCUT2D eigenvalue weighted by atomic mass is 19.1. The van der Waals surface area contributed by atoms with Crippen LogP contribution in [0.15, 0.2) is 12.1 Å². The van der Waals surface area contributed by atoms with Gasteiger partial charge in [0.05, 0.1) is 4.92 Å². The van der Waals surface area contributed by atoms with Crippen molar-refractivity contribution in [1.82, 2.24) is 0 Å². The lowest BCUT2D eigenvalue weighted by Gasteiger charge is -2.31. The summed E-state index contributed by atoms with van der Waals surface area (Å²) in [6, 6.07) is 1.43. The van der Waals surface area contributed by atoms with Gasteiger partial charge in [0.1, 0.15) is 17.8 Å². The lowest BCUT2D eigenvalue weighted by atomic mass is 9.99. The van der Waals surface area contributed by atoms with Gasteiger partial charge in [0, 0.05) is 31.1 Å². The Morgan fingerprint density at radius 2 is 2.16 bits per heavy atom. The van der Waals surface area contributed by atoms with E-state index in [1.54, 1.807) is 0 Å². The molecule has 1 aromatic rings. The van der Waals surface area contributed by atoms with E-state index in [1.807, 2.05) is 0 Å². The van der Waals surface area contributed by atoms with Gasteiger partial charge >= 0.3 is 5.69 Å². The van der Waals surface area contributed by atoms with Gasteiger partial charge in [0.2, 0.25) is 5.82 Å². The first-order valence-electron chi connectivity index (χ1n) is 5.86. The number of aldehydes is 1. The summed E-state index contributed by atoms with van der Waals surface area (Å²) >= 11 is 0. The molecule has 0 saturated carbocycles. The van der Waals surface area contributed by atoms with Crippen molar-refractivity contribution in [3.8, 4) is 0 Å². The molecule has 1 aromatic carbocycles. The number of nitro groups is 1. The Balaban J connectivity index is 2.42. The molecular weight excluding hydrogens is 258 g/mol. The van der Waals surface area contributed by atoms with Gasteiger partial charge in [-0.15, -0.1) is 0 Å². The molecule has 1 heterocycles. The average Bonchev–Trinajstić information content (AvgIpc) is 2.37. The van der Waals surface area contributed by atoms with Crippen LogP contribution in [0, 0.1) is 27.7 Å². The van der Waals surface area contributed by atoms with Crippen LogP contribution in [0.4, 0.5) is 20.2 Å². The van der Waals surface area contributed by atoms with Gasteiger partial charge in [-0.25, -0.2) is 4.39 Å². The number of benzene rings is 1. The number of nitro benzene ring substituents is 1. The van der Waals surface area contributed by atoms with Crippen molar-refractivity contribution < 1.29 is 18.5 Å². The van der Waals surface area contributed by atoms with E-state index in [0.717, 1.165) is 12.4 Å². The van der Waals surface area contributed by atoms with Gasteiger partial charge < -0.3 is 9.69 Å². The first-order valence-corrected chi connectivity index (χ1v) is 5.86. The van der Waals surface area contributed by atoms with Crippen LogP contribution >= 0.6 is 0 Å². The van der Waals surface area contributed by atoms with E-state index in [4.69, 9.17) is 0 Å². The third kappa shape index (κ3) is 2.69. The molecule has 0 aromatic heterocycles. The van der Waals surface area contributed by atoms with Crippen LogP contribution in [-0.2, 0) is 4.79 Å². The molecule has 1 aliphatic heterocycles. The quantitative estimate of drug-likeness (QED) is 0.480. The highest BCUT2D eigenvalue weighted by Gasteiger charge is 2.29. The summed E-state index contributed by atoms with van der Waals surface area (Å²) in [7, 11) is 0. The smallest absolute Gasteiger partial charge is 0.328 e. The fourth-order valence-electron chi connectivity index (χ4n) is 2.31. The molecule has 1 fully saturated rings. The zero-order chi connectivity index (χ0) is 14.0. The number of halogens is 2. The second kappa shape index (κ2) is 5.29. The van der Waals surface area contributed by atoms with Crippen molar-refractivity contribution in [2.24, 2.45) is 5.92 Å². The van der Waals surface area contributed by atoms with Crippen molar-refractivity contribution in [2.45, 2.75) is 12.8 Å². The Labute approximate surface area is 108 Å². The minimum absolute atomic E-state index is 0.103. The van der Waals surface area contributed by atoms with Crippen LogP contribution in [0.5, 0.6) is 0 Å². The summed E-state index contributed by atoms with van der Waals surface area (Å²) in [5.41, 5.74) is -0.845. The first-order chi connectivity index (χ1) is 9.02. The Hall–Kier alpha value is -2.05. The largest absolute Gasteiger partial charge is 0.365 e. The highest BCUT2D eigenvalue weighted by molar-refractivity contribution is 5.66. The molecule has 7 heteroatoms. The molecular formula is C12H12F2N2O3. The van der Waals surface area contributed by atoms with Crippen molar-refractivity contribution in [3.05, 3.63) is 33.9 Å². The summed E-state index contributed by atoms with van der Waals surface area (Å²) in [5, 5.41) is 10.9. The number of carbonyl (C=O) groups excluding carboxylic acids is 1. The summed E-state index contributed by atoms with van der Waals surface area (Å²) < 4.78 is 26.8. The Kier molecular flexibility index (Phi) is 3.73. The molecule has 0 radical (unpaired) electrons. The van der Waals surface area contributed by atoms with Gasteiger partial charge in [-0.05, 0) is 12.8 Å².